The lowest BCUT2D eigenvalue weighted by Gasteiger charge is -2.34. The molecule has 0 aliphatic carbocycles. The van der Waals surface area contributed by atoms with Crippen molar-refractivity contribution in [1.82, 2.24) is 10.2 Å². The van der Waals surface area contributed by atoms with E-state index < -0.39 is 6.04 Å². The molecule has 6 nitrogen and oxygen atoms in total. The summed E-state index contributed by atoms with van der Waals surface area (Å²) >= 11 is 0. The fraction of sp³-hybridized carbons (Fsp3) is 0.579. The second kappa shape index (κ2) is 8.85. The Kier molecular flexibility index (Phi) is 6.82. The zero-order valence-electron chi connectivity index (χ0n) is 15.3. The number of piperidine rings is 1. The van der Waals surface area contributed by atoms with Crippen LogP contribution in [0.25, 0.3) is 0 Å². The number of nitrogens with zero attached hydrogens (tertiary/aromatic N) is 1. The molecule has 1 aromatic carbocycles. The van der Waals surface area contributed by atoms with E-state index in [0.717, 1.165) is 18.6 Å². The van der Waals surface area contributed by atoms with Crippen molar-refractivity contribution in [2.75, 3.05) is 19.7 Å². The minimum atomic E-state index is -0.534. The topological polar surface area (TPSA) is 84.7 Å². The Morgan fingerprint density at radius 3 is 2.36 bits per heavy atom. The van der Waals surface area contributed by atoms with E-state index in [1.807, 2.05) is 25.7 Å². The largest absolute Gasteiger partial charge is 0.494 e. The monoisotopic (exact) mass is 347 g/mol. The molecule has 1 fully saturated rings. The van der Waals surface area contributed by atoms with Crippen LogP contribution in [0.1, 0.15) is 44.0 Å². The normalized spacial score (nSPS) is 16.6. The van der Waals surface area contributed by atoms with Gasteiger partial charge in [0.2, 0.25) is 5.91 Å². The molecule has 1 heterocycles. The molecule has 0 saturated carbocycles. The van der Waals surface area contributed by atoms with E-state index in [-0.39, 0.29) is 23.8 Å². The summed E-state index contributed by atoms with van der Waals surface area (Å²) in [5.41, 5.74) is 6.42. The molecule has 1 aliphatic rings. The van der Waals surface area contributed by atoms with Crippen molar-refractivity contribution < 1.29 is 14.3 Å². The third-order valence-corrected chi connectivity index (χ3v) is 4.50. The van der Waals surface area contributed by atoms with Crippen LogP contribution >= 0.6 is 0 Å². The van der Waals surface area contributed by atoms with E-state index in [4.69, 9.17) is 10.5 Å². The number of nitrogens with two attached hydrogens (primary N) is 1. The summed E-state index contributed by atoms with van der Waals surface area (Å²) in [7, 11) is 0. The molecule has 1 unspecified atom stereocenters. The zero-order valence-corrected chi connectivity index (χ0v) is 15.3. The minimum absolute atomic E-state index is 0.00903. The molecule has 1 aliphatic heterocycles. The number of rotatable bonds is 6. The quantitative estimate of drug-likeness (QED) is 0.822. The highest BCUT2D eigenvalue weighted by atomic mass is 16.5. The lowest BCUT2D eigenvalue weighted by atomic mass is 9.99. The fourth-order valence-electron chi connectivity index (χ4n) is 2.92. The lowest BCUT2D eigenvalue weighted by Crippen LogP contribution is -2.54. The number of likely N-dealkylation sites (tertiary alicyclic amines) is 1. The predicted molar refractivity (Wildman–Crippen MR) is 97.5 cm³/mol. The average Bonchev–Trinajstić information content (AvgIpc) is 2.60. The molecule has 138 valence electrons. The summed E-state index contributed by atoms with van der Waals surface area (Å²) in [4.78, 5) is 27.1. The first-order valence-corrected chi connectivity index (χ1v) is 9.00. The Bertz CT molecular complexity index is 578. The van der Waals surface area contributed by atoms with Crippen molar-refractivity contribution in [2.45, 2.75) is 45.7 Å². The summed E-state index contributed by atoms with van der Waals surface area (Å²) in [6.45, 7) is 7.68. The van der Waals surface area contributed by atoms with Gasteiger partial charge >= 0.3 is 0 Å². The third-order valence-electron chi connectivity index (χ3n) is 4.50. The number of hydrogen-bond acceptors (Lipinski definition) is 4. The van der Waals surface area contributed by atoms with Crippen LogP contribution in [0.5, 0.6) is 5.75 Å². The van der Waals surface area contributed by atoms with Gasteiger partial charge in [0.25, 0.3) is 5.91 Å². The van der Waals surface area contributed by atoms with Crippen LogP contribution in [0.4, 0.5) is 0 Å². The first kappa shape index (κ1) is 19.2. The van der Waals surface area contributed by atoms with E-state index in [0.29, 0.717) is 25.3 Å². The highest BCUT2D eigenvalue weighted by molar-refractivity contribution is 5.97. The molecule has 2 amide bonds. The van der Waals surface area contributed by atoms with Gasteiger partial charge in [0.1, 0.15) is 11.8 Å². The van der Waals surface area contributed by atoms with Crippen molar-refractivity contribution in [1.29, 1.82) is 0 Å². The van der Waals surface area contributed by atoms with Gasteiger partial charge in [-0.2, -0.15) is 0 Å². The number of benzene rings is 1. The Hall–Kier alpha value is -2.08. The molecule has 3 N–H and O–H groups in total. The van der Waals surface area contributed by atoms with Gasteiger partial charge in [-0.25, -0.2) is 0 Å². The maximum Gasteiger partial charge on any atom is 0.251 e. The first-order chi connectivity index (χ1) is 11.9. The van der Waals surface area contributed by atoms with Gasteiger partial charge in [0.15, 0.2) is 0 Å². The first-order valence-electron chi connectivity index (χ1n) is 9.00. The summed E-state index contributed by atoms with van der Waals surface area (Å²) in [6.07, 6.45) is 1.62. The van der Waals surface area contributed by atoms with Crippen molar-refractivity contribution in [3.8, 4) is 5.75 Å². The second-order valence-corrected chi connectivity index (χ2v) is 6.82. The molecule has 1 atom stereocenters. The van der Waals surface area contributed by atoms with Crippen LogP contribution in [0.3, 0.4) is 0 Å². The molecule has 0 aromatic heterocycles. The Labute approximate surface area is 149 Å². The molecular weight excluding hydrogens is 318 g/mol. The number of nitrogens with one attached hydrogen (secondary N) is 1. The second-order valence-electron chi connectivity index (χ2n) is 6.82. The average molecular weight is 347 g/mol. The number of amides is 2. The van der Waals surface area contributed by atoms with Crippen molar-refractivity contribution in [2.24, 2.45) is 11.7 Å². The standard InChI is InChI=1S/C19H29N3O3/c1-4-25-16-7-5-14(6-8-16)18(23)21-17(13(2)3)19(24)22-11-9-15(20)10-12-22/h5-8,13,15,17H,4,9-12,20H2,1-3H3,(H,21,23). The van der Waals surface area contributed by atoms with E-state index in [2.05, 4.69) is 5.32 Å². The Balaban J connectivity index is 2.02. The van der Waals surface area contributed by atoms with Gasteiger partial charge in [-0.05, 0) is 49.9 Å². The summed E-state index contributed by atoms with van der Waals surface area (Å²) in [5, 5.41) is 2.89. The highest BCUT2D eigenvalue weighted by Gasteiger charge is 2.30. The van der Waals surface area contributed by atoms with Crippen LogP contribution in [-0.4, -0.2) is 48.5 Å². The smallest absolute Gasteiger partial charge is 0.251 e. The number of ether oxygens (including phenoxy) is 1. The predicted octanol–water partition coefficient (Wildman–Crippen LogP) is 1.79. The molecule has 0 bridgehead atoms. The van der Waals surface area contributed by atoms with Gasteiger partial charge in [-0.15, -0.1) is 0 Å². The molecule has 0 radical (unpaired) electrons. The molecular formula is C19H29N3O3. The van der Waals surface area contributed by atoms with Crippen molar-refractivity contribution in [3.63, 3.8) is 0 Å². The SMILES string of the molecule is CCOc1ccc(C(=O)NC(C(=O)N2CCC(N)CC2)C(C)C)cc1. The van der Waals surface area contributed by atoms with E-state index in [1.165, 1.54) is 0 Å². The van der Waals surface area contributed by atoms with Gasteiger partial charge in [-0.1, -0.05) is 13.8 Å². The number of hydrogen-bond donors (Lipinski definition) is 2. The van der Waals surface area contributed by atoms with Gasteiger partial charge in [-0.3, -0.25) is 9.59 Å². The summed E-state index contributed by atoms with van der Waals surface area (Å²) in [6, 6.07) is 6.57. The summed E-state index contributed by atoms with van der Waals surface area (Å²) in [5.74, 6) is 0.458. The maximum absolute atomic E-state index is 12.8. The summed E-state index contributed by atoms with van der Waals surface area (Å²) < 4.78 is 5.38. The Morgan fingerprint density at radius 2 is 1.84 bits per heavy atom. The molecule has 1 aromatic rings. The molecule has 0 spiro atoms. The van der Waals surface area contributed by atoms with Gasteiger partial charge < -0.3 is 20.7 Å². The minimum Gasteiger partial charge on any atom is -0.494 e. The molecule has 1 saturated heterocycles. The highest BCUT2D eigenvalue weighted by Crippen LogP contribution is 2.15. The van der Waals surface area contributed by atoms with Crippen molar-refractivity contribution >= 4 is 11.8 Å². The third kappa shape index (κ3) is 5.19. The van der Waals surface area contributed by atoms with Crippen molar-refractivity contribution in [3.05, 3.63) is 29.8 Å². The fourth-order valence-corrected chi connectivity index (χ4v) is 2.92. The molecule has 2 rings (SSSR count). The Morgan fingerprint density at radius 1 is 1.24 bits per heavy atom. The lowest BCUT2D eigenvalue weighted by molar-refractivity contribution is -0.135. The van der Waals surface area contributed by atoms with Crippen LogP contribution in [-0.2, 0) is 4.79 Å². The van der Waals surface area contributed by atoms with Crippen LogP contribution in [0, 0.1) is 5.92 Å². The van der Waals surface area contributed by atoms with Crippen LogP contribution in [0.15, 0.2) is 24.3 Å². The molecule has 25 heavy (non-hydrogen) atoms. The van der Waals surface area contributed by atoms with E-state index >= 15 is 0 Å². The molecule has 6 heteroatoms. The van der Waals surface area contributed by atoms with Gasteiger partial charge in [0, 0.05) is 24.7 Å². The van der Waals surface area contributed by atoms with Gasteiger partial charge in [0.05, 0.1) is 6.61 Å². The zero-order chi connectivity index (χ0) is 18.4. The number of carbonyl (C=O) groups excluding carboxylic acids is 2. The van der Waals surface area contributed by atoms with Crippen LogP contribution < -0.4 is 15.8 Å². The number of carbonyl (C=O) groups is 2. The van der Waals surface area contributed by atoms with Crippen LogP contribution in [0.2, 0.25) is 0 Å². The maximum atomic E-state index is 12.8. The van der Waals surface area contributed by atoms with E-state index in [9.17, 15) is 9.59 Å². The van der Waals surface area contributed by atoms with E-state index in [1.54, 1.807) is 24.3 Å².